The van der Waals surface area contributed by atoms with Crippen LogP contribution >= 0.6 is 0 Å². The predicted molar refractivity (Wildman–Crippen MR) is 253 cm³/mol. The van der Waals surface area contributed by atoms with E-state index in [0.29, 0.717) is 32.6 Å². The lowest BCUT2D eigenvalue weighted by molar-refractivity contribution is -0.151. The number of aliphatic hydroxyl groups excluding tert-OH is 1. The highest BCUT2D eigenvalue weighted by atomic mass is 16.7. The second-order valence-electron chi connectivity index (χ2n) is 17.6. The number of carbonyl (C=O) groups is 3. The van der Waals surface area contributed by atoms with Crippen LogP contribution < -0.4 is 0 Å². The number of hydrogen-bond donors (Lipinski definition) is 1. The largest absolute Gasteiger partial charge is 0.508 e. The van der Waals surface area contributed by atoms with Crippen LogP contribution in [0.15, 0.2) is 24.5 Å². The van der Waals surface area contributed by atoms with Crippen LogP contribution in [0.3, 0.4) is 0 Å². The molecule has 0 aliphatic rings. The number of hydrogen-bond acceptors (Lipinski definition) is 10. The van der Waals surface area contributed by atoms with Crippen LogP contribution in [0.2, 0.25) is 0 Å². The maximum Gasteiger partial charge on any atom is 0.508 e. The first kappa shape index (κ1) is 57.3. The molecule has 10 nitrogen and oxygen atoms in total. The van der Waals surface area contributed by atoms with Crippen LogP contribution in [0.1, 0.15) is 232 Å². The summed E-state index contributed by atoms with van der Waals surface area (Å²) in [7, 11) is 0. The van der Waals surface area contributed by atoms with Crippen LogP contribution in [0.25, 0.3) is 0 Å². The van der Waals surface area contributed by atoms with Gasteiger partial charge in [-0.2, -0.15) is 0 Å². The zero-order valence-electron chi connectivity index (χ0n) is 40.2. The number of rotatable bonds is 45. The summed E-state index contributed by atoms with van der Waals surface area (Å²) in [6, 6.07) is 3.34. The highest BCUT2D eigenvalue weighted by Gasteiger charge is 2.27. The maximum atomic E-state index is 13.4. The summed E-state index contributed by atoms with van der Waals surface area (Å²) in [6.45, 7) is 8.75. The van der Waals surface area contributed by atoms with Gasteiger partial charge in [0.25, 0.3) is 0 Å². The van der Waals surface area contributed by atoms with Crippen LogP contribution in [0, 0.1) is 0 Å². The fourth-order valence-electron chi connectivity index (χ4n) is 8.04. The van der Waals surface area contributed by atoms with Gasteiger partial charge in [-0.25, -0.2) is 4.79 Å². The molecule has 0 bridgehead atoms. The molecule has 1 rings (SSSR count). The number of aliphatic hydroxyl groups is 1. The lowest BCUT2D eigenvalue weighted by Crippen LogP contribution is -2.45. The molecule has 1 unspecified atom stereocenters. The van der Waals surface area contributed by atoms with Crippen molar-refractivity contribution in [2.75, 3.05) is 39.5 Å². The van der Waals surface area contributed by atoms with E-state index in [0.717, 1.165) is 102 Å². The third-order valence-electron chi connectivity index (χ3n) is 11.9. The number of pyridine rings is 1. The molecule has 0 fully saturated rings. The second kappa shape index (κ2) is 43.5. The van der Waals surface area contributed by atoms with Gasteiger partial charge in [0.1, 0.15) is 18.8 Å². The van der Waals surface area contributed by atoms with Crippen molar-refractivity contribution in [1.29, 1.82) is 0 Å². The van der Waals surface area contributed by atoms with E-state index >= 15 is 0 Å². The van der Waals surface area contributed by atoms with Gasteiger partial charge in [0.05, 0.1) is 19.8 Å². The molecule has 10 heteroatoms. The van der Waals surface area contributed by atoms with Crippen molar-refractivity contribution in [1.82, 2.24) is 9.88 Å². The van der Waals surface area contributed by atoms with Gasteiger partial charge >= 0.3 is 18.1 Å². The molecule has 0 spiro atoms. The minimum absolute atomic E-state index is 0.0358. The second-order valence-corrected chi connectivity index (χ2v) is 17.6. The fraction of sp³-hybridized carbons (Fsp3) is 0.846. The van der Waals surface area contributed by atoms with Crippen molar-refractivity contribution in [2.24, 2.45) is 0 Å². The van der Waals surface area contributed by atoms with Gasteiger partial charge in [0.15, 0.2) is 0 Å². The Bertz CT molecular complexity index is 1140. The van der Waals surface area contributed by atoms with E-state index < -0.39 is 12.2 Å². The molecule has 1 aromatic rings. The van der Waals surface area contributed by atoms with Crippen molar-refractivity contribution < 1.29 is 38.4 Å². The molecular formula is C52H94N2O8. The monoisotopic (exact) mass is 875 g/mol. The smallest absolute Gasteiger partial charge is 0.466 e. The van der Waals surface area contributed by atoms with E-state index in [1.807, 2.05) is 12.1 Å². The first-order valence-electron chi connectivity index (χ1n) is 25.8. The summed E-state index contributed by atoms with van der Waals surface area (Å²) in [5.74, 6) is -0.463. The molecule has 1 heterocycles. The van der Waals surface area contributed by atoms with Crippen molar-refractivity contribution in [3.63, 3.8) is 0 Å². The zero-order chi connectivity index (χ0) is 45.0. The fourth-order valence-corrected chi connectivity index (χ4v) is 8.04. The van der Waals surface area contributed by atoms with Crippen LogP contribution in [0.5, 0.6) is 0 Å². The Balaban J connectivity index is 2.54. The quantitative estimate of drug-likeness (QED) is 0.0385. The van der Waals surface area contributed by atoms with Crippen molar-refractivity contribution >= 4 is 18.1 Å². The molecule has 0 radical (unpaired) electrons. The van der Waals surface area contributed by atoms with Crippen LogP contribution in [-0.2, 0) is 35.0 Å². The summed E-state index contributed by atoms with van der Waals surface area (Å²) >= 11 is 0. The normalized spacial score (nSPS) is 11.9. The molecular weight excluding hydrogens is 781 g/mol. The first-order chi connectivity index (χ1) is 30.4. The molecule has 1 N–H and O–H groups in total. The topological polar surface area (TPSA) is 124 Å². The van der Waals surface area contributed by atoms with E-state index in [1.165, 1.54) is 109 Å². The molecule has 360 valence electrons. The van der Waals surface area contributed by atoms with E-state index in [-0.39, 0.29) is 31.3 Å². The molecule has 0 saturated carbocycles. The first-order valence-corrected chi connectivity index (χ1v) is 25.8. The molecule has 0 saturated heterocycles. The van der Waals surface area contributed by atoms with Crippen LogP contribution in [-0.4, -0.2) is 84.7 Å². The van der Waals surface area contributed by atoms with E-state index in [9.17, 15) is 19.5 Å². The number of nitrogens with zero attached hydrogens (tertiary/aromatic N) is 2. The van der Waals surface area contributed by atoms with Crippen LogP contribution in [0.4, 0.5) is 4.79 Å². The summed E-state index contributed by atoms with van der Waals surface area (Å²) in [6.07, 6.45) is 38.6. The average molecular weight is 875 g/mol. The highest BCUT2D eigenvalue weighted by Crippen LogP contribution is 2.19. The Morgan fingerprint density at radius 2 is 1.06 bits per heavy atom. The minimum atomic E-state index is -0.527. The van der Waals surface area contributed by atoms with Gasteiger partial charge < -0.3 is 24.1 Å². The molecule has 0 aliphatic carbocycles. The molecule has 0 aliphatic heterocycles. The van der Waals surface area contributed by atoms with Gasteiger partial charge in [-0.1, -0.05) is 168 Å². The number of esters is 2. The van der Waals surface area contributed by atoms with Crippen molar-refractivity contribution in [3.8, 4) is 0 Å². The van der Waals surface area contributed by atoms with E-state index in [1.54, 1.807) is 12.4 Å². The van der Waals surface area contributed by atoms with E-state index in [4.69, 9.17) is 18.9 Å². The summed E-state index contributed by atoms with van der Waals surface area (Å²) in [4.78, 5) is 44.9. The number of ether oxygens (including phenoxy) is 4. The van der Waals surface area contributed by atoms with Crippen molar-refractivity contribution in [3.05, 3.63) is 30.1 Å². The Morgan fingerprint density at radius 3 is 1.58 bits per heavy atom. The van der Waals surface area contributed by atoms with Gasteiger partial charge in [0.2, 0.25) is 0 Å². The summed E-state index contributed by atoms with van der Waals surface area (Å²) < 4.78 is 22.4. The van der Waals surface area contributed by atoms with E-state index in [2.05, 4.69) is 30.7 Å². The number of unbranched alkanes of at least 4 members (excludes halogenated alkanes) is 24. The van der Waals surface area contributed by atoms with Gasteiger partial charge in [-0.15, -0.1) is 0 Å². The predicted octanol–water partition coefficient (Wildman–Crippen LogP) is 13.4. The zero-order valence-corrected chi connectivity index (χ0v) is 40.2. The summed E-state index contributed by atoms with van der Waals surface area (Å²) in [5, 5.41) is 9.39. The van der Waals surface area contributed by atoms with Crippen molar-refractivity contribution in [2.45, 2.75) is 245 Å². The van der Waals surface area contributed by atoms with Gasteiger partial charge in [0, 0.05) is 25.2 Å². The Labute approximate surface area is 379 Å². The van der Waals surface area contributed by atoms with Gasteiger partial charge in [-0.3, -0.25) is 19.5 Å². The molecule has 0 aromatic carbocycles. The molecule has 0 amide bonds. The lowest BCUT2D eigenvalue weighted by Gasteiger charge is -2.30. The number of carbonyl (C=O) groups excluding carboxylic acids is 3. The Hall–Kier alpha value is -2.72. The Kier molecular flexibility index (Phi) is 40.2. The third-order valence-corrected chi connectivity index (χ3v) is 11.9. The molecule has 1 atom stereocenters. The average Bonchev–Trinajstić information content (AvgIpc) is 3.28. The SMILES string of the molecule is CCCCCCCCCCCOC(=O)CCCCCN(CCCCCCCOC(=O)OC(CCCCCCCC)CCCCCCCC)C(Cc1cccnc1)C(=O)OCCO. The molecule has 1 aromatic heterocycles. The lowest BCUT2D eigenvalue weighted by atomic mass is 10.0. The minimum Gasteiger partial charge on any atom is -0.466 e. The Morgan fingerprint density at radius 1 is 0.581 bits per heavy atom. The summed E-state index contributed by atoms with van der Waals surface area (Å²) in [5.41, 5.74) is 0.952. The third kappa shape index (κ3) is 34.7. The maximum absolute atomic E-state index is 13.4. The standard InChI is InChI=1S/C52H94N2O8/c1-4-7-10-13-16-17-18-23-31-42-59-50(56)37-28-25-30-40-54(49(51(57)60-44-41-55)45-47-34-33-38-53-46-47)39-29-22-19-24-32-43-61-52(58)62-48(35-26-20-14-11-8-5-2)36-27-21-15-12-9-6-3/h33-34,38,46,48-49,55H,4-32,35-37,39-45H2,1-3H3. The van der Waals surface area contributed by atoms with Gasteiger partial charge in [-0.05, 0) is 82.5 Å². The highest BCUT2D eigenvalue weighted by molar-refractivity contribution is 5.76. The molecule has 62 heavy (non-hydrogen) atoms. The number of aromatic nitrogens is 1.